The van der Waals surface area contributed by atoms with Crippen LogP contribution in [-0.4, -0.2) is 37.4 Å². The van der Waals surface area contributed by atoms with Crippen LogP contribution in [0.4, 0.5) is 0 Å². The Morgan fingerprint density at radius 2 is 2.16 bits per heavy atom. The highest BCUT2D eigenvalue weighted by molar-refractivity contribution is 5.97. The largest absolute Gasteiger partial charge is 0.502 e. The molecule has 1 aliphatic carbocycles. The Labute approximate surface area is 109 Å². The van der Waals surface area contributed by atoms with E-state index >= 15 is 0 Å². The molecule has 0 aromatic rings. The highest BCUT2D eigenvalue weighted by Gasteiger charge is 2.37. The molecule has 104 valence electrons. The van der Waals surface area contributed by atoms with E-state index in [9.17, 15) is 14.7 Å². The molecule has 0 amide bonds. The van der Waals surface area contributed by atoms with Crippen molar-refractivity contribution in [3.8, 4) is 0 Å². The zero-order valence-electron chi connectivity index (χ0n) is 10.4. The van der Waals surface area contributed by atoms with E-state index < -0.39 is 17.7 Å². The maximum atomic E-state index is 11.8. The monoisotopic (exact) mass is 270 g/mol. The average molecular weight is 270 g/mol. The molecule has 2 rings (SSSR count). The molecule has 0 unspecified atom stereocenters. The summed E-state index contributed by atoms with van der Waals surface area (Å²) in [5.41, 5.74) is 0.566. The van der Waals surface area contributed by atoms with Crippen LogP contribution in [0.25, 0.3) is 0 Å². The predicted molar refractivity (Wildman–Crippen MR) is 60.5 cm³/mol. The summed E-state index contributed by atoms with van der Waals surface area (Å²) in [6.07, 6.45) is 1.53. The highest BCUT2D eigenvalue weighted by Crippen LogP contribution is 2.37. The molecule has 0 aromatic heterocycles. The van der Waals surface area contributed by atoms with Crippen molar-refractivity contribution in [2.75, 3.05) is 20.3 Å². The molecule has 7 heteroatoms. The third-order valence-corrected chi connectivity index (χ3v) is 2.83. The van der Waals surface area contributed by atoms with Crippen LogP contribution >= 0.6 is 0 Å². The van der Waals surface area contributed by atoms with Gasteiger partial charge in [-0.2, -0.15) is 4.89 Å². The molecule has 0 bridgehead atoms. The molecule has 0 atom stereocenters. The van der Waals surface area contributed by atoms with Crippen molar-refractivity contribution in [1.29, 1.82) is 0 Å². The first-order valence-corrected chi connectivity index (χ1v) is 5.85. The molecule has 0 fully saturated rings. The van der Waals surface area contributed by atoms with Crippen LogP contribution in [0, 0.1) is 0 Å². The van der Waals surface area contributed by atoms with Gasteiger partial charge in [-0.15, -0.1) is 0 Å². The minimum Gasteiger partial charge on any atom is -0.502 e. The molecule has 1 aliphatic heterocycles. The van der Waals surface area contributed by atoms with Crippen LogP contribution in [0.15, 0.2) is 22.7 Å². The van der Waals surface area contributed by atoms with Crippen LogP contribution in [0.5, 0.6) is 0 Å². The normalized spacial score (nSPS) is 18.5. The molecule has 1 N–H and O–H groups in total. The summed E-state index contributed by atoms with van der Waals surface area (Å²) in [4.78, 5) is 32.3. The predicted octanol–water partition coefficient (Wildman–Crippen LogP) is 0.914. The lowest BCUT2D eigenvalue weighted by atomic mass is 9.93. The van der Waals surface area contributed by atoms with Gasteiger partial charge in [0, 0.05) is 12.7 Å². The third-order valence-electron chi connectivity index (χ3n) is 2.83. The van der Waals surface area contributed by atoms with Crippen molar-refractivity contribution in [3.05, 3.63) is 22.7 Å². The van der Waals surface area contributed by atoms with Crippen LogP contribution in [-0.2, 0) is 28.8 Å². The molecule has 0 saturated carbocycles. The second-order valence-electron chi connectivity index (χ2n) is 4.06. The lowest BCUT2D eigenvalue weighted by Gasteiger charge is -2.15. The van der Waals surface area contributed by atoms with Crippen molar-refractivity contribution in [1.82, 2.24) is 0 Å². The quantitative estimate of drug-likeness (QED) is 0.343. The molecule has 0 aromatic carbocycles. The minimum absolute atomic E-state index is 0.106. The van der Waals surface area contributed by atoms with Gasteiger partial charge in [-0.3, -0.25) is 4.89 Å². The van der Waals surface area contributed by atoms with Gasteiger partial charge in [-0.25, -0.2) is 9.59 Å². The number of rotatable bonds is 5. The second kappa shape index (κ2) is 5.85. The summed E-state index contributed by atoms with van der Waals surface area (Å²) in [6, 6.07) is 0. The number of hydrogen-bond acceptors (Lipinski definition) is 7. The molecule has 0 radical (unpaired) electrons. The summed E-state index contributed by atoms with van der Waals surface area (Å²) in [5.74, 6) is -1.88. The Bertz CT molecular complexity index is 461. The van der Waals surface area contributed by atoms with E-state index in [0.29, 0.717) is 31.4 Å². The fourth-order valence-corrected chi connectivity index (χ4v) is 1.92. The van der Waals surface area contributed by atoms with Crippen molar-refractivity contribution in [2.24, 2.45) is 0 Å². The van der Waals surface area contributed by atoms with Crippen LogP contribution < -0.4 is 0 Å². The molecule has 19 heavy (non-hydrogen) atoms. The molecule has 0 saturated heterocycles. The summed E-state index contributed by atoms with van der Waals surface area (Å²) < 4.78 is 9.60. The Balaban J connectivity index is 2.07. The summed E-state index contributed by atoms with van der Waals surface area (Å²) in [7, 11) is 1.49. The van der Waals surface area contributed by atoms with Gasteiger partial charge >= 0.3 is 11.9 Å². The van der Waals surface area contributed by atoms with E-state index in [4.69, 9.17) is 9.47 Å². The topological polar surface area (TPSA) is 91.3 Å². The summed E-state index contributed by atoms with van der Waals surface area (Å²) >= 11 is 0. The third kappa shape index (κ3) is 2.77. The van der Waals surface area contributed by atoms with Gasteiger partial charge in [0.2, 0.25) is 5.76 Å². The number of carbonyl (C=O) groups excluding carboxylic acids is 2. The SMILES string of the molecule is COCCOOC(=O)C1=C2OC(=O)C(O)=C2CCC1. The lowest BCUT2D eigenvalue weighted by molar-refractivity contribution is -0.272. The van der Waals surface area contributed by atoms with E-state index in [0.717, 1.165) is 0 Å². The first-order valence-electron chi connectivity index (χ1n) is 5.85. The van der Waals surface area contributed by atoms with Crippen LogP contribution in [0.1, 0.15) is 19.3 Å². The van der Waals surface area contributed by atoms with Crippen molar-refractivity contribution >= 4 is 11.9 Å². The number of hydrogen-bond donors (Lipinski definition) is 1. The van der Waals surface area contributed by atoms with Gasteiger partial charge in [0.1, 0.15) is 12.4 Å². The van der Waals surface area contributed by atoms with Gasteiger partial charge in [0.15, 0.2) is 0 Å². The number of esters is 1. The Morgan fingerprint density at radius 1 is 1.37 bits per heavy atom. The van der Waals surface area contributed by atoms with Crippen LogP contribution in [0.2, 0.25) is 0 Å². The number of carbonyl (C=O) groups is 2. The Hall–Kier alpha value is -1.86. The van der Waals surface area contributed by atoms with E-state index in [1.807, 2.05) is 0 Å². The van der Waals surface area contributed by atoms with Crippen molar-refractivity contribution in [3.63, 3.8) is 0 Å². The molecule has 7 nitrogen and oxygen atoms in total. The number of aliphatic hydroxyl groups excluding tert-OH is 1. The molecular formula is C12H14O7. The summed E-state index contributed by atoms with van der Waals surface area (Å²) in [6.45, 7) is 0.401. The van der Waals surface area contributed by atoms with Crippen molar-refractivity contribution < 1.29 is 33.9 Å². The maximum Gasteiger partial charge on any atom is 0.379 e. The molecule has 1 heterocycles. The zero-order chi connectivity index (χ0) is 13.8. The number of fused-ring (bicyclic) bond motifs is 1. The molecule has 2 aliphatic rings. The second-order valence-corrected chi connectivity index (χ2v) is 4.06. The Kier molecular flexibility index (Phi) is 4.18. The van der Waals surface area contributed by atoms with E-state index in [1.54, 1.807) is 0 Å². The number of aliphatic hydroxyl groups is 1. The standard InChI is InChI=1S/C12H14O7/c1-16-5-6-17-19-11(14)8-4-2-3-7-9(13)12(15)18-10(7)8/h13H,2-6H2,1H3. The maximum absolute atomic E-state index is 11.8. The Morgan fingerprint density at radius 3 is 2.89 bits per heavy atom. The number of allylic oxidation sites excluding steroid dienone is 1. The first kappa shape index (κ1) is 13.6. The van der Waals surface area contributed by atoms with Gasteiger partial charge in [-0.1, -0.05) is 0 Å². The first-order chi connectivity index (χ1) is 9.15. The van der Waals surface area contributed by atoms with Crippen molar-refractivity contribution in [2.45, 2.75) is 19.3 Å². The molecular weight excluding hydrogens is 256 g/mol. The fourth-order valence-electron chi connectivity index (χ4n) is 1.92. The lowest BCUT2D eigenvalue weighted by Crippen LogP contribution is -2.16. The number of ether oxygens (including phenoxy) is 2. The van der Waals surface area contributed by atoms with Crippen LogP contribution in [0.3, 0.4) is 0 Å². The van der Waals surface area contributed by atoms with Gasteiger partial charge in [-0.05, 0) is 19.3 Å². The van der Waals surface area contributed by atoms with Gasteiger partial charge < -0.3 is 14.6 Å². The van der Waals surface area contributed by atoms with Gasteiger partial charge in [0.05, 0.1) is 12.2 Å². The fraction of sp³-hybridized carbons (Fsp3) is 0.500. The number of methoxy groups -OCH3 is 1. The zero-order valence-corrected chi connectivity index (χ0v) is 10.4. The average Bonchev–Trinajstić information content (AvgIpc) is 2.70. The van der Waals surface area contributed by atoms with E-state index in [1.165, 1.54) is 7.11 Å². The van der Waals surface area contributed by atoms with E-state index in [2.05, 4.69) is 9.78 Å². The van der Waals surface area contributed by atoms with Gasteiger partial charge in [0.25, 0.3) is 0 Å². The smallest absolute Gasteiger partial charge is 0.379 e. The minimum atomic E-state index is -0.836. The molecule has 0 spiro atoms. The highest BCUT2D eigenvalue weighted by atomic mass is 17.2. The summed E-state index contributed by atoms with van der Waals surface area (Å²) in [5, 5.41) is 9.51. The van der Waals surface area contributed by atoms with E-state index in [-0.39, 0.29) is 17.9 Å².